The Hall–Kier alpha value is -4.40. The second kappa shape index (κ2) is 9.24. The third-order valence-corrected chi connectivity index (χ3v) is 7.16. The first-order valence-electron chi connectivity index (χ1n) is 12.5. The topological polar surface area (TPSA) is 85.5 Å². The molecule has 9 heteroatoms. The number of benzene rings is 2. The maximum Gasteiger partial charge on any atom is 0.277 e. The lowest BCUT2D eigenvalue weighted by molar-refractivity contribution is -0.119. The Balaban J connectivity index is 1.39. The molecular weight excluding hydrogens is 468 g/mol. The van der Waals surface area contributed by atoms with Gasteiger partial charge in [0.25, 0.3) is 5.91 Å². The van der Waals surface area contributed by atoms with Crippen molar-refractivity contribution in [1.82, 2.24) is 19.3 Å². The van der Waals surface area contributed by atoms with Gasteiger partial charge in [-0.25, -0.2) is 9.67 Å². The van der Waals surface area contributed by atoms with Gasteiger partial charge in [0.1, 0.15) is 17.1 Å². The minimum atomic E-state index is -0.119. The summed E-state index contributed by atoms with van der Waals surface area (Å²) in [6, 6.07) is 15.2. The van der Waals surface area contributed by atoms with Crippen LogP contribution in [-0.2, 0) is 18.3 Å². The van der Waals surface area contributed by atoms with Crippen molar-refractivity contribution in [2.75, 3.05) is 30.0 Å². The summed E-state index contributed by atoms with van der Waals surface area (Å²) in [7, 11) is 3.55. The average molecular weight is 497 g/mol. The van der Waals surface area contributed by atoms with Crippen molar-refractivity contribution in [3.8, 4) is 23.0 Å². The molecule has 2 aromatic heterocycles. The second-order valence-electron chi connectivity index (χ2n) is 9.37. The molecule has 1 saturated heterocycles. The van der Waals surface area contributed by atoms with E-state index in [0.717, 1.165) is 53.6 Å². The van der Waals surface area contributed by atoms with E-state index < -0.39 is 0 Å². The minimum absolute atomic E-state index is 0.119. The number of anilines is 2. The average Bonchev–Trinajstić information content (AvgIpc) is 3.53. The van der Waals surface area contributed by atoms with Gasteiger partial charge in [-0.15, -0.1) is 0 Å². The quantitative estimate of drug-likeness (QED) is 0.417. The predicted octanol–water partition coefficient (Wildman–Crippen LogP) is 4.00. The van der Waals surface area contributed by atoms with Gasteiger partial charge in [0.05, 0.1) is 12.8 Å². The van der Waals surface area contributed by atoms with Gasteiger partial charge in [-0.3, -0.25) is 9.59 Å². The number of hydrogen-bond acceptors (Lipinski definition) is 5. The van der Waals surface area contributed by atoms with E-state index in [4.69, 9.17) is 9.84 Å². The number of carbonyl (C=O) groups is 2. The molecule has 0 unspecified atom stereocenters. The number of ether oxygens (including phenoxy) is 1. The maximum atomic E-state index is 14.0. The van der Waals surface area contributed by atoms with E-state index in [-0.39, 0.29) is 11.8 Å². The molecule has 1 fully saturated rings. The molecule has 0 bridgehead atoms. The zero-order chi connectivity index (χ0) is 25.5. The van der Waals surface area contributed by atoms with Crippen molar-refractivity contribution in [2.24, 2.45) is 7.05 Å². The number of piperidine rings is 1. The number of carbonyl (C=O) groups excluding carboxylic acids is 2. The van der Waals surface area contributed by atoms with Crippen LogP contribution >= 0.6 is 0 Å². The fourth-order valence-corrected chi connectivity index (χ4v) is 5.18. The lowest BCUT2D eigenvalue weighted by Gasteiger charge is -2.29. The number of methoxy groups -OCH3 is 1. The summed E-state index contributed by atoms with van der Waals surface area (Å²) in [5.41, 5.74) is 4.58. The highest BCUT2D eigenvalue weighted by Crippen LogP contribution is 2.34. The number of nitrogens with zero attached hydrogens (tertiary/aromatic N) is 6. The smallest absolute Gasteiger partial charge is 0.277 e. The van der Waals surface area contributed by atoms with Crippen molar-refractivity contribution >= 4 is 23.2 Å². The van der Waals surface area contributed by atoms with Crippen molar-refractivity contribution in [1.29, 1.82) is 0 Å². The van der Waals surface area contributed by atoms with Crippen LogP contribution in [0.15, 0.2) is 60.9 Å². The monoisotopic (exact) mass is 496 g/mol. The standard InChI is InChI=1S/C28H28N6O3/c1-31-18-15-29-27(31)25-23-14-17-33(20-8-6-19(7-9-20)32-16-4-3-5-24(32)35)28(36)26(23)34(30-25)21-10-12-22(37-2)13-11-21/h6-13,15,18H,3-5,14,16-17H2,1-2H3. The van der Waals surface area contributed by atoms with E-state index in [9.17, 15) is 9.59 Å². The number of hydrogen-bond donors (Lipinski definition) is 0. The Kier molecular flexibility index (Phi) is 5.75. The molecule has 37 heavy (non-hydrogen) atoms. The molecule has 6 rings (SSSR count). The first-order valence-corrected chi connectivity index (χ1v) is 12.5. The van der Waals surface area contributed by atoms with Crippen LogP contribution in [0.1, 0.15) is 35.3 Å². The Bertz CT molecular complexity index is 1470. The van der Waals surface area contributed by atoms with Crippen LogP contribution in [0.3, 0.4) is 0 Å². The van der Waals surface area contributed by atoms with Gasteiger partial charge in [-0.2, -0.15) is 5.10 Å². The molecule has 2 aliphatic rings. The first-order chi connectivity index (χ1) is 18.0. The minimum Gasteiger partial charge on any atom is -0.497 e. The summed E-state index contributed by atoms with van der Waals surface area (Å²) in [6.45, 7) is 1.26. The highest BCUT2D eigenvalue weighted by Gasteiger charge is 2.34. The van der Waals surface area contributed by atoms with E-state index in [1.807, 2.05) is 71.2 Å². The summed E-state index contributed by atoms with van der Waals surface area (Å²) >= 11 is 0. The second-order valence-corrected chi connectivity index (χ2v) is 9.37. The molecule has 188 valence electrons. The number of fused-ring (bicyclic) bond motifs is 1. The highest BCUT2D eigenvalue weighted by atomic mass is 16.5. The van der Waals surface area contributed by atoms with Crippen molar-refractivity contribution in [3.63, 3.8) is 0 Å². The largest absolute Gasteiger partial charge is 0.497 e. The molecule has 0 N–H and O–H groups in total. The fourth-order valence-electron chi connectivity index (χ4n) is 5.18. The van der Waals surface area contributed by atoms with E-state index in [1.54, 1.807) is 22.9 Å². The fraction of sp³-hybridized carbons (Fsp3) is 0.286. The SMILES string of the molecule is COc1ccc(-n2nc(-c3nccn3C)c3c2C(=O)N(c2ccc(N4CCCCC4=O)cc2)CC3)cc1. The van der Waals surface area contributed by atoms with Crippen molar-refractivity contribution in [3.05, 3.63) is 72.2 Å². The molecule has 0 saturated carbocycles. The third-order valence-electron chi connectivity index (χ3n) is 7.16. The van der Waals surface area contributed by atoms with Crippen LogP contribution in [0, 0.1) is 0 Å². The zero-order valence-corrected chi connectivity index (χ0v) is 20.9. The van der Waals surface area contributed by atoms with Gasteiger partial charge in [0.15, 0.2) is 5.82 Å². The normalized spacial score (nSPS) is 15.7. The molecule has 4 heterocycles. The Labute approximate surface area is 214 Å². The van der Waals surface area contributed by atoms with E-state index in [1.165, 1.54) is 0 Å². The Morgan fingerprint density at radius 3 is 2.19 bits per heavy atom. The molecule has 0 aliphatic carbocycles. The van der Waals surface area contributed by atoms with Crippen LogP contribution in [-0.4, -0.2) is 51.3 Å². The number of imidazole rings is 1. The molecule has 9 nitrogen and oxygen atoms in total. The molecular formula is C28H28N6O3. The van der Waals surface area contributed by atoms with E-state index >= 15 is 0 Å². The number of rotatable bonds is 5. The lowest BCUT2D eigenvalue weighted by Crippen LogP contribution is -2.39. The summed E-state index contributed by atoms with van der Waals surface area (Å²) < 4.78 is 8.94. The number of amides is 2. The van der Waals surface area contributed by atoms with Gasteiger partial charge < -0.3 is 19.1 Å². The molecule has 0 atom stereocenters. The summed E-state index contributed by atoms with van der Waals surface area (Å²) in [5, 5.41) is 4.88. The van der Waals surface area contributed by atoms with Gasteiger partial charge in [-0.1, -0.05) is 0 Å². The number of aromatic nitrogens is 4. The third kappa shape index (κ3) is 3.96. The molecule has 4 aromatic rings. The van der Waals surface area contributed by atoms with Gasteiger partial charge in [0, 0.05) is 55.9 Å². The van der Waals surface area contributed by atoms with E-state index in [0.29, 0.717) is 30.8 Å². The molecule has 0 radical (unpaired) electrons. The van der Waals surface area contributed by atoms with Crippen LogP contribution in [0.4, 0.5) is 11.4 Å². The summed E-state index contributed by atoms with van der Waals surface area (Å²) in [6.07, 6.45) is 6.79. The van der Waals surface area contributed by atoms with Crippen molar-refractivity contribution < 1.29 is 14.3 Å². The molecule has 2 amide bonds. The Morgan fingerprint density at radius 2 is 1.54 bits per heavy atom. The van der Waals surface area contributed by atoms with Crippen LogP contribution in [0.2, 0.25) is 0 Å². The number of aryl methyl sites for hydroxylation is 1. The molecule has 0 spiro atoms. The van der Waals surface area contributed by atoms with Gasteiger partial charge >= 0.3 is 0 Å². The highest BCUT2D eigenvalue weighted by molar-refractivity contribution is 6.08. The summed E-state index contributed by atoms with van der Waals surface area (Å²) in [4.78, 5) is 34.5. The van der Waals surface area contributed by atoms with E-state index in [2.05, 4.69) is 4.98 Å². The Morgan fingerprint density at radius 1 is 0.838 bits per heavy atom. The lowest BCUT2D eigenvalue weighted by atomic mass is 10.0. The van der Waals surface area contributed by atoms with Gasteiger partial charge in [0.2, 0.25) is 5.91 Å². The summed E-state index contributed by atoms with van der Waals surface area (Å²) in [5.74, 6) is 1.49. The van der Waals surface area contributed by atoms with Crippen LogP contribution in [0.25, 0.3) is 17.2 Å². The zero-order valence-electron chi connectivity index (χ0n) is 20.9. The van der Waals surface area contributed by atoms with Gasteiger partial charge in [-0.05, 0) is 67.8 Å². The van der Waals surface area contributed by atoms with Crippen LogP contribution in [0.5, 0.6) is 5.75 Å². The first kappa shape index (κ1) is 23.0. The maximum absolute atomic E-state index is 14.0. The van der Waals surface area contributed by atoms with Crippen molar-refractivity contribution in [2.45, 2.75) is 25.7 Å². The molecule has 2 aromatic carbocycles. The molecule has 2 aliphatic heterocycles. The van der Waals surface area contributed by atoms with Crippen LogP contribution < -0.4 is 14.5 Å². The predicted molar refractivity (Wildman–Crippen MR) is 140 cm³/mol.